The molecule has 0 saturated heterocycles. The van der Waals surface area contributed by atoms with Gasteiger partial charge in [0.1, 0.15) is 5.82 Å². The number of rotatable bonds is 4. The predicted molar refractivity (Wildman–Crippen MR) is 128 cm³/mol. The van der Waals surface area contributed by atoms with Crippen LogP contribution in [-0.4, -0.2) is 51.4 Å². The van der Waals surface area contributed by atoms with Gasteiger partial charge in [-0.05, 0) is 55.4 Å². The Morgan fingerprint density at radius 1 is 1.17 bits per heavy atom. The van der Waals surface area contributed by atoms with E-state index in [4.69, 9.17) is 23.2 Å². The van der Waals surface area contributed by atoms with Gasteiger partial charge >= 0.3 is 11.8 Å². The molecule has 3 aliphatic rings. The second-order valence-electron chi connectivity index (χ2n) is 9.19. The molecule has 2 bridgehead atoms. The third kappa shape index (κ3) is 4.85. The summed E-state index contributed by atoms with van der Waals surface area (Å²) in [6.45, 7) is 0.330. The second-order valence-corrected chi connectivity index (χ2v) is 10.1. The van der Waals surface area contributed by atoms with E-state index in [0.717, 1.165) is 4.90 Å². The van der Waals surface area contributed by atoms with Gasteiger partial charge in [-0.2, -0.15) is 0 Å². The number of hydrogen-bond acceptors (Lipinski definition) is 6. The van der Waals surface area contributed by atoms with Crippen molar-refractivity contribution in [3.8, 4) is 5.75 Å². The minimum Gasteiger partial charge on any atom is -0.501 e. The standard InChI is InChI=1S/C23H25Cl2N5O5/c1-29(2)21(35)19(33)28-23-5-3-12(4-6-23)11-30-20(34)17(31)16(27-22(23)30)18(32)26-10-13-7-14(24)9-15(25)8-13/h7-9,12,31H,3-6,10-11H2,1-2H3,(H,26,32)(H,28,33). The molecule has 186 valence electrons. The number of halogens is 2. The first-order chi connectivity index (χ1) is 16.5. The Morgan fingerprint density at radius 2 is 1.80 bits per heavy atom. The highest BCUT2D eigenvalue weighted by Crippen LogP contribution is 2.43. The van der Waals surface area contributed by atoms with Crippen molar-refractivity contribution in [2.45, 2.75) is 44.3 Å². The van der Waals surface area contributed by atoms with Crippen LogP contribution < -0.4 is 16.2 Å². The number of amides is 3. The molecule has 0 radical (unpaired) electrons. The number of nitrogens with zero attached hydrogens (tertiary/aromatic N) is 3. The van der Waals surface area contributed by atoms with Crippen molar-refractivity contribution in [2.24, 2.45) is 5.92 Å². The molecule has 35 heavy (non-hydrogen) atoms. The maximum absolute atomic E-state index is 13.1. The minimum atomic E-state index is -1.11. The fourth-order valence-electron chi connectivity index (χ4n) is 4.71. The molecule has 10 nitrogen and oxygen atoms in total. The Labute approximate surface area is 211 Å². The predicted octanol–water partition coefficient (Wildman–Crippen LogP) is 1.79. The van der Waals surface area contributed by atoms with Gasteiger partial charge in [-0.25, -0.2) is 4.98 Å². The Hall–Kier alpha value is -3.11. The van der Waals surface area contributed by atoms with E-state index in [9.17, 15) is 24.3 Å². The Balaban J connectivity index is 1.70. The number of benzene rings is 1. The lowest BCUT2D eigenvalue weighted by Gasteiger charge is -2.37. The zero-order chi connectivity index (χ0) is 25.5. The Morgan fingerprint density at radius 3 is 2.40 bits per heavy atom. The number of aromatic hydroxyl groups is 1. The molecule has 3 heterocycles. The summed E-state index contributed by atoms with van der Waals surface area (Å²) in [5, 5.41) is 16.8. The molecular formula is C23H25Cl2N5O5. The molecule has 2 aliphatic heterocycles. The van der Waals surface area contributed by atoms with E-state index in [2.05, 4.69) is 15.6 Å². The van der Waals surface area contributed by atoms with Crippen molar-refractivity contribution in [1.82, 2.24) is 25.1 Å². The fraction of sp³-hybridized carbons (Fsp3) is 0.435. The summed E-state index contributed by atoms with van der Waals surface area (Å²) in [5.74, 6) is -2.80. The summed E-state index contributed by atoms with van der Waals surface area (Å²) in [7, 11) is 2.93. The molecule has 12 heteroatoms. The molecule has 2 aromatic rings. The lowest BCUT2D eigenvalue weighted by Crippen LogP contribution is -2.53. The number of hydrogen-bond donors (Lipinski definition) is 3. The highest BCUT2D eigenvalue weighted by molar-refractivity contribution is 6.35. The van der Waals surface area contributed by atoms with Crippen molar-refractivity contribution >= 4 is 40.9 Å². The summed E-state index contributed by atoms with van der Waals surface area (Å²) < 4.78 is 1.31. The molecule has 1 aromatic carbocycles. The Bertz CT molecular complexity index is 1250. The first-order valence-electron chi connectivity index (χ1n) is 11.1. The summed E-state index contributed by atoms with van der Waals surface area (Å²) >= 11 is 12.0. The largest absolute Gasteiger partial charge is 0.501 e. The van der Waals surface area contributed by atoms with Gasteiger partial charge < -0.3 is 20.6 Å². The zero-order valence-corrected chi connectivity index (χ0v) is 20.7. The summed E-state index contributed by atoms with van der Waals surface area (Å²) in [4.78, 5) is 56.6. The van der Waals surface area contributed by atoms with Crippen LogP contribution in [0.25, 0.3) is 0 Å². The normalized spacial score (nSPS) is 20.5. The summed E-state index contributed by atoms with van der Waals surface area (Å²) in [5.41, 5.74) is -1.71. The van der Waals surface area contributed by atoms with Gasteiger partial charge in [-0.1, -0.05) is 23.2 Å². The van der Waals surface area contributed by atoms with Crippen LogP contribution in [0.15, 0.2) is 23.0 Å². The van der Waals surface area contributed by atoms with Crippen molar-refractivity contribution in [3.63, 3.8) is 0 Å². The molecular weight excluding hydrogens is 497 g/mol. The molecule has 1 aromatic heterocycles. The molecule has 3 N–H and O–H groups in total. The average molecular weight is 522 g/mol. The van der Waals surface area contributed by atoms with Crippen LogP contribution in [0.2, 0.25) is 10.0 Å². The van der Waals surface area contributed by atoms with E-state index >= 15 is 0 Å². The van der Waals surface area contributed by atoms with Crippen molar-refractivity contribution < 1.29 is 19.5 Å². The minimum absolute atomic E-state index is 0.0277. The molecule has 1 saturated carbocycles. The van der Waals surface area contributed by atoms with Gasteiger partial charge in [0.25, 0.3) is 11.5 Å². The van der Waals surface area contributed by atoms with Crippen molar-refractivity contribution in [1.29, 1.82) is 0 Å². The molecule has 0 spiro atoms. The first kappa shape index (κ1) is 25.0. The van der Waals surface area contributed by atoms with E-state index < -0.39 is 40.3 Å². The number of likely N-dealkylation sites (N-methyl/N-ethyl adjacent to an activating group) is 1. The lowest BCUT2D eigenvalue weighted by atomic mass is 9.77. The van der Waals surface area contributed by atoms with Gasteiger partial charge in [-0.3, -0.25) is 23.7 Å². The van der Waals surface area contributed by atoms with Gasteiger partial charge in [-0.15, -0.1) is 0 Å². The third-order valence-electron chi connectivity index (χ3n) is 6.52. The van der Waals surface area contributed by atoms with Crippen LogP contribution in [0.4, 0.5) is 0 Å². The zero-order valence-electron chi connectivity index (χ0n) is 19.2. The highest BCUT2D eigenvalue weighted by atomic mass is 35.5. The smallest absolute Gasteiger partial charge is 0.311 e. The molecule has 1 aliphatic carbocycles. The average Bonchev–Trinajstić information content (AvgIpc) is 3.04. The molecule has 3 amide bonds. The summed E-state index contributed by atoms with van der Waals surface area (Å²) in [6.07, 6.45) is 2.28. The van der Waals surface area contributed by atoms with Gasteiger partial charge in [0, 0.05) is 37.2 Å². The second kappa shape index (κ2) is 9.50. The van der Waals surface area contributed by atoms with Crippen LogP contribution in [0, 0.1) is 5.92 Å². The maximum Gasteiger partial charge on any atom is 0.311 e. The quantitative estimate of drug-likeness (QED) is 0.525. The van der Waals surface area contributed by atoms with E-state index in [1.165, 1.54) is 18.7 Å². The van der Waals surface area contributed by atoms with Crippen LogP contribution in [0.5, 0.6) is 5.75 Å². The molecule has 1 fully saturated rings. The van der Waals surface area contributed by atoms with E-state index in [-0.39, 0.29) is 18.3 Å². The van der Waals surface area contributed by atoms with E-state index in [0.29, 0.717) is 47.8 Å². The van der Waals surface area contributed by atoms with Crippen LogP contribution in [-0.2, 0) is 28.2 Å². The number of fused-ring (bicyclic) bond motifs is 2. The van der Waals surface area contributed by atoms with Crippen molar-refractivity contribution in [2.75, 3.05) is 14.1 Å². The summed E-state index contributed by atoms with van der Waals surface area (Å²) in [6, 6.07) is 4.80. The fourth-order valence-corrected chi connectivity index (χ4v) is 5.28. The highest BCUT2D eigenvalue weighted by Gasteiger charge is 2.46. The lowest BCUT2D eigenvalue weighted by molar-refractivity contribution is -0.145. The number of carbonyl (C=O) groups excluding carboxylic acids is 3. The number of carbonyl (C=O) groups is 3. The molecule has 0 unspecified atom stereocenters. The Kier molecular flexibility index (Phi) is 6.79. The monoisotopic (exact) mass is 521 g/mol. The third-order valence-corrected chi connectivity index (χ3v) is 6.95. The SMILES string of the molecule is CN(C)C(=O)C(=O)NC12CCC(CC1)Cn1c2nc(C(=O)NCc2cc(Cl)cc(Cl)c2)c(O)c1=O. The van der Waals surface area contributed by atoms with Crippen LogP contribution in [0.3, 0.4) is 0 Å². The first-order valence-corrected chi connectivity index (χ1v) is 11.9. The van der Waals surface area contributed by atoms with Gasteiger partial charge in [0.15, 0.2) is 5.69 Å². The van der Waals surface area contributed by atoms with Crippen molar-refractivity contribution in [3.05, 3.63) is 55.7 Å². The number of nitrogens with one attached hydrogen (secondary N) is 2. The molecule has 5 rings (SSSR count). The van der Waals surface area contributed by atoms with Gasteiger partial charge in [0.05, 0.1) is 5.54 Å². The van der Waals surface area contributed by atoms with E-state index in [1.54, 1.807) is 18.2 Å². The topological polar surface area (TPSA) is 134 Å². The van der Waals surface area contributed by atoms with Crippen LogP contribution >= 0.6 is 23.2 Å². The van der Waals surface area contributed by atoms with Gasteiger partial charge in [0.2, 0.25) is 5.75 Å². The van der Waals surface area contributed by atoms with E-state index in [1.807, 2.05) is 0 Å². The van der Waals surface area contributed by atoms with Crippen LogP contribution in [0.1, 0.15) is 47.6 Å². The maximum atomic E-state index is 13.1. The molecule has 0 atom stereocenters. The number of aromatic nitrogens is 2.